The second-order valence-corrected chi connectivity index (χ2v) is 7.26. The molecular formula is C18H17Cl2NO6S. The number of ether oxygens (including phenoxy) is 2. The fourth-order valence-electron chi connectivity index (χ4n) is 2.44. The van der Waals surface area contributed by atoms with Crippen LogP contribution in [-0.4, -0.2) is 36.7 Å². The van der Waals surface area contributed by atoms with Crippen LogP contribution in [0, 0.1) is 0 Å². The molecule has 2 aromatic rings. The zero-order valence-corrected chi connectivity index (χ0v) is 17.5. The number of rotatable bonds is 6. The molecule has 2 N–H and O–H groups in total. The summed E-state index contributed by atoms with van der Waals surface area (Å²) in [5, 5.41) is 12.2. The summed E-state index contributed by atoms with van der Waals surface area (Å²) in [7, 11) is 1.23. The number of phenols is 1. The average molecular weight is 446 g/mol. The lowest BCUT2D eigenvalue weighted by Gasteiger charge is -2.09. The molecule has 0 spiro atoms. The molecule has 0 aliphatic carbocycles. The zero-order valence-electron chi connectivity index (χ0n) is 15.2. The molecule has 0 aliphatic rings. The first-order chi connectivity index (χ1) is 13.2. The number of thiophene rings is 1. The number of halogens is 2. The monoisotopic (exact) mass is 445 g/mol. The number of carbonyl (C=O) groups is 3. The van der Waals surface area contributed by atoms with Crippen molar-refractivity contribution in [1.29, 1.82) is 0 Å². The van der Waals surface area contributed by atoms with Gasteiger partial charge >= 0.3 is 11.9 Å². The smallest absolute Gasteiger partial charge is 0.348 e. The summed E-state index contributed by atoms with van der Waals surface area (Å²) in [6.45, 7) is 3.54. The fourth-order valence-corrected chi connectivity index (χ4v) is 4.12. The first kappa shape index (κ1) is 22.0. The van der Waals surface area contributed by atoms with Crippen LogP contribution in [0.1, 0.15) is 49.8 Å². The van der Waals surface area contributed by atoms with Gasteiger partial charge in [-0.15, -0.1) is 11.3 Å². The lowest BCUT2D eigenvalue weighted by atomic mass is 10.1. The van der Waals surface area contributed by atoms with Crippen molar-refractivity contribution >= 4 is 57.4 Å². The molecule has 0 unspecified atom stereocenters. The molecule has 0 saturated heterocycles. The van der Waals surface area contributed by atoms with Gasteiger partial charge in [0.2, 0.25) is 0 Å². The van der Waals surface area contributed by atoms with E-state index in [0.717, 1.165) is 11.3 Å². The van der Waals surface area contributed by atoms with Crippen molar-refractivity contribution in [2.45, 2.75) is 20.3 Å². The minimum Gasteiger partial charge on any atom is -0.505 e. The molecule has 0 aliphatic heterocycles. The SMILES string of the molecule is CCOC(=O)c1c(NC(=O)c2cc(Cl)c(O)c(Cl)c2)sc(C(=O)OC)c1CC. The van der Waals surface area contributed by atoms with Crippen molar-refractivity contribution in [3.05, 3.63) is 43.7 Å². The first-order valence-corrected chi connectivity index (χ1v) is 9.72. The van der Waals surface area contributed by atoms with Crippen LogP contribution in [0.15, 0.2) is 12.1 Å². The molecule has 0 fully saturated rings. The van der Waals surface area contributed by atoms with Crippen LogP contribution >= 0.6 is 34.5 Å². The molecule has 7 nitrogen and oxygen atoms in total. The molecule has 10 heteroatoms. The number of hydrogen-bond acceptors (Lipinski definition) is 7. The Kier molecular flexibility index (Phi) is 7.29. The van der Waals surface area contributed by atoms with E-state index in [1.165, 1.54) is 19.2 Å². The number of carbonyl (C=O) groups excluding carboxylic acids is 3. The predicted molar refractivity (Wildman–Crippen MR) is 107 cm³/mol. The molecule has 0 saturated carbocycles. The van der Waals surface area contributed by atoms with Gasteiger partial charge in [0.05, 0.1) is 29.3 Å². The number of nitrogens with one attached hydrogen (secondary N) is 1. The third kappa shape index (κ3) is 4.40. The Labute approximate surface area is 175 Å². The van der Waals surface area contributed by atoms with Crippen molar-refractivity contribution in [2.24, 2.45) is 0 Å². The maximum atomic E-state index is 12.6. The van der Waals surface area contributed by atoms with Crippen molar-refractivity contribution in [3.8, 4) is 5.75 Å². The summed E-state index contributed by atoms with van der Waals surface area (Å²) in [4.78, 5) is 37.4. The zero-order chi connectivity index (χ0) is 21.0. The second kappa shape index (κ2) is 9.27. The van der Waals surface area contributed by atoms with Gasteiger partial charge in [-0.2, -0.15) is 0 Å². The number of anilines is 1. The highest BCUT2D eigenvalue weighted by Gasteiger charge is 2.28. The van der Waals surface area contributed by atoms with Crippen LogP contribution in [0.25, 0.3) is 0 Å². The number of esters is 2. The molecule has 1 heterocycles. The Bertz CT molecular complexity index is 917. The summed E-state index contributed by atoms with van der Waals surface area (Å²) in [5.74, 6) is -2.26. The van der Waals surface area contributed by atoms with Gasteiger partial charge in [0.15, 0.2) is 5.75 Å². The number of methoxy groups -OCH3 is 1. The lowest BCUT2D eigenvalue weighted by Crippen LogP contribution is -2.15. The van der Waals surface area contributed by atoms with Crippen LogP contribution in [0.3, 0.4) is 0 Å². The molecule has 2 rings (SSSR count). The number of aromatic hydroxyl groups is 1. The van der Waals surface area contributed by atoms with Gasteiger partial charge in [-0.05, 0) is 31.0 Å². The maximum Gasteiger partial charge on any atom is 0.348 e. The van der Waals surface area contributed by atoms with E-state index in [0.29, 0.717) is 12.0 Å². The van der Waals surface area contributed by atoms with E-state index in [4.69, 9.17) is 32.7 Å². The Morgan fingerprint density at radius 2 is 1.75 bits per heavy atom. The van der Waals surface area contributed by atoms with E-state index >= 15 is 0 Å². The van der Waals surface area contributed by atoms with Crippen LogP contribution in [0.4, 0.5) is 5.00 Å². The Morgan fingerprint density at radius 3 is 2.25 bits per heavy atom. The van der Waals surface area contributed by atoms with Gasteiger partial charge in [-0.25, -0.2) is 9.59 Å². The van der Waals surface area contributed by atoms with Crippen LogP contribution in [0.5, 0.6) is 5.75 Å². The molecule has 1 aromatic heterocycles. The average Bonchev–Trinajstić information content (AvgIpc) is 3.03. The Hall–Kier alpha value is -2.29. The number of amides is 1. The topological polar surface area (TPSA) is 102 Å². The van der Waals surface area contributed by atoms with E-state index in [9.17, 15) is 19.5 Å². The molecule has 0 radical (unpaired) electrons. The second-order valence-electron chi connectivity index (χ2n) is 5.42. The highest BCUT2D eigenvalue weighted by molar-refractivity contribution is 7.18. The molecule has 1 amide bonds. The highest BCUT2D eigenvalue weighted by atomic mass is 35.5. The van der Waals surface area contributed by atoms with Gasteiger partial charge < -0.3 is 19.9 Å². The molecule has 0 atom stereocenters. The summed E-state index contributed by atoms with van der Waals surface area (Å²) in [6, 6.07) is 2.47. The van der Waals surface area contributed by atoms with Gasteiger partial charge in [-0.3, -0.25) is 4.79 Å². The van der Waals surface area contributed by atoms with Gasteiger partial charge in [-0.1, -0.05) is 30.1 Å². The summed E-state index contributed by atoms with van der Waals surface area (Å²) in [6.07, 6.45) is 0.349. The number of benzene rings is 1. The van der Waals surface area contributed by atoms with Crippen LogP contribution in [-0.2, 0) is 15.9 Å². The lowest BCUT2D eigenvalue weighted by molar-refractivity contribution is 0.0527. The predicted octanol–water partition coefficient (Wildman–Crippen LogP) is 4.54. The quantitative estimate of drug-likeness (QED) is 0.632. The van der Waals surface area contributed by atoms with Crippen LogP contribution < -0.4 is 5.32 Å². The van der Waals surface area contributed by atoms with Crippen molar-refractivity contribution in [3.63, 3.8) is 0 Å². The van der Waals surface area contributed by atoms with Crippen molar-refractivity contribution in [2.75, 3.05) is 19.0 Å². The minimum atomic E-state index is -0.664. The van der Waals surface area contributed by atoms with E-state index < -0.39 is 17.8 Å². The van der Waals surface area contributed by atoms with Crippen molar-refractivity contribution in [1.82, 2.24) is 0 Å². The molecule has 0 bridgehead atoms. The molecular weight excluding hydrogens is 429 g/mol. The standard InChI is InChI=1S/C18H17Cl2NO6S/c1-4-9-12(17(24)27-5-2)16(28-14(9)18(25)26-3)21-15(23)8-6-10(19)13(22)11(20)7-8/h6-7,22H,4-5H2,1-3H3,(H,21,23). The largest absolute Gasteiger partial charge is 0.505 e. The van der Waals surface area contributed by atoms with Gasteiger partial charge in [0.25, 0.3) is 5.91 Å². The Balaban J connectivity index is 2.51. The minimum absolute atomic E-state index is 0.0636. The highest BCUT2D eigenvalue weighted by Crippen LogP contribution is 2.37. The molecule has 150 valence electrons. The normalized spacial score (nSPS) is 10.5. The molecule has 1 aromatic carbocycles. The fraction of sp³-hybridized carbons (Fsp3) is 0.278. The summed E-state index contributed by atoms with van der Waals surface area (Å²) < 4.78 is 9.83. The van der Waals surface area contributed by atoms with Gasteiger partial charge in [0.1, 0.15) is 9.88 Å². The van der Waals surface area contributed by atoms with E-state index in [1.54, 1.807) is 13.8 Å². The third-order valence-electron chi connectivity index (χ3n) is 3.72. The van der Waals surface area contributed by atoms with Gasteiger partial charge in [0, 0.05) is 5.56 Å². The van der Waals surface area contributed by atoms with E-state index in [-0.39, 0.29) is 43.4 Å². The number of hydrogen-bond donors (Lipinski definition) is 2. The first-order valence-electron chi connectivity index (χ1n) is 8.15. The van der Waals surface area contributed by atoms with Crippen molar-refractivity contribution < 1.29 is 29.0 Å². The van der Waals surface area contributed by atoms with Crippen LogP contribution in [0.2, 0.25) is 10.0 Å². The maximum absolute atomic E-state index is 12.6. The third-order valence-corrected chi connectivity index (χ3v) is 5.42. The Morgan fingerprint density at radius 1 is 1.14 bits per heavy atom. The number of phenolic OH excluding ortho intramolecular Hbond substituents is 1. The van der Waals surface area contributed by atoms with E-state index in [2.05, 4.69) is 5.32 Å². The van der Waals surface area contributed by atoms with E-state index in [1.807, 2.05) is 0 Å². The summed E-state index contributed by atoms with van der Waals surface area (Å²) in [5.41, 5.74) is 0.583. The molecule has 28 heavy (non-hydrogen) atoms. The summed E-state index contributed by atoms with van der Waals surface area (Å²) >= 11 is 12.6.